The lowest BCUT2D eigenvalue weighted by Gasteiger charge is -2.09. The van der Waals surface area contributed by atoms with Gasteiger partial charge in [0.15, 0.2) is 5.78 Å². The molecule has 0 atom stereocenters. The monoisotopic (exact) mass is 290 g/mol. The third kappa shape index (κ3) is 2.78. The van der Waals surface area contributed by atoms with E-state index in [-0.39, 0.29) is 5.78 Å². The van der Waals surface area contributed by atoms with E-state index in [9.17, 15) is 4.79 Å². The van der Waals surface area contributed by atoms with Gasteiger partial charge in [-0.25, -0.2) is 0 Å². The number of hydrogen-bond donors (Lipinski definition) is 0. The number of halogens is 1. The molecule has 2 aromatic carbocycles. The number of aryl methyl sites for hydroxylation is 1. The highest BCUT2D eigenvalue weighted by atomic mass is 35.5. The maximum atomic E-state index is 12.5. The van der Waals surface area contributed by atoms with E-state index in [1.807, 2.05) is 13.0 Å². The van der Waals surface area contributed by atoms with E-state index in [2.05, 4.69) is 0 Å². The molecule has 3 nitrogen and oxygen atoms in total. The molecule has 4 heteroatoms. The number of benzene rings is 2. The van der Waals surface area contributed by atoms with Gasteiger partial charge in [-0.1, -0.05) is 23.7 Å². The van der Waals surface area contributed by atoms with Crippen LogP contribution >= 0.6 is 11.6 Å². The molecule has 0 aliphatic heterocycles. The molecule has 0 saturated carbocycles. The van der Waals surface area contributed by atoms with E-state index in [0.717, 1.165) is 5.56 Å². The zero-order chi connectivity index (χ0) is 14.7. The first-order chi connectivity index (χ1) is 9.56. The number of rotatable bonds is 4. The number of ketones is 1. The Hall–Kier alpha value is -2.00. The van der Waals surface area contributed by atoms with Crippen LogP contribution in [0.25, 0.3) is 0 Å². The highest BCUT2D eigenvalue weighted by molar-refractivity contribution is 6.32. The SMILES string of the molecule is COc1cc(C(=O)c2ccc(Cl)c(OC)c2)ccc1C. The molecule has 0 unspecified atom stereocenters. The number of ether oxygens (including phenoxy) is 2. The first kappa shape index (κ1) is 14.4. The van der Waals surface area contributed by atoms with E-state index < -0.39 is 0 Å². The van der Waals surface area contributed by atoms with Gasteiger partial charge >= 0.3 is 0 Å². The molecule has 0 aliphatic rings. The Balaban J connectivity index is 2.41. The Bertz CT molecular complexity index is 595. The summed E-state index contributed by atoms with van der Waals surface area (Å²) in [6, 6.07) is 10.3. The fourth-order valence-electron chi connectivity index (χ4n) is 1.93. The molecule has 20 heavy (non-hydrogen) atoms. The fraction of sp³-hybridized carbons (Fsp3) is 0.188. The molecule has 0 fully saturated rings. The van der Waals surface area contributed by atoms with E-state index in [0.29, 0.717) is 27.6 Å². The molecule has 0 spiro atoms. The lowest BCUT2D eigenvalue weighted by molar-refractivity contribution is 0.103. The van der Waals surface area contributed by atoms with Gasteiger partial charge in [-0.3, -0.25) is 4.79 Å². The lowest BCUT2D eigenvalue weighted by atomic mass is 10.0. The first-order valence-corrected chi connectivity index (χ1v) is 6.47. The molecule has 0 radical (unpaired) electrons. The van der Waals surface area contributed by atoms with Crippen molar-refractivity contribution in [3.63, 3.8) is 0 Å². The summed E-state index contributed by atoms with van der Waals surface area (Å²) in [6.45, 7) is 1.93. The summed E-state index contributed by atoms with van der Waals surface area (Å²) in [6.07, 6.45) is 0. The smallest absolute Gasteiger partial charge is 0.193 e. The van der Waals surface area contributed by atoms with Crippen molar-refractivity contribution in [3.05, 3.63) is 58.1 Å². The van der Waals surface area contributed by atoms with Crippen LogP contribution in [-0.4, -0.2) is 20.0 Å². The minimum absolute atomic E-state index is 0.0988. The molecule has 0 saturated heterocycles. The minimum atomic E-state index is -0.0988. The highest BCUT2D eigenvalue weighted by Gasteiger charge is 2.13. The summed E-state index contributed by atoms with van der Waals surface area (Å²) in [4.78, 5) is 12.5. The fourth-order valence-corrected chi connectivity index (χ4v) is 2.12. The highest BCUT2D eigenvalue weighted by Crippen LogP contribution is 2.27. The Labute approximate surface area is 123 Å². The maximum absolute atomic E-state index is 12.5. The summed E-state index contributed by atoms with van der Waals surface area (Å²) in [5, 5.41) is 0.477. The Kier molecular flexibility index (Phi) is 4.30. The van der Waals surface area contributed by atoms with Crippen molar-refractivity contribution in [1.29, 1.82) is 0 Å². The van der Waals surface area contributed by atoms with Crippen LogP contribution in [0.3, 0.4) is 0 Å². The molecule has 0 N–H and O–H groups in total. The van der Waals surface area contributed by atoms with E-state index in [4.69, 9.17) is 21.1 Å². The Morgan fingerprint density at radius 3 is 2.10 bits per heavy atom. The normalized spacial score (nSPS) is 10.2. The molecule has 2 aromatic rings. The van der Waals surface area contributed by atoms with Crippen LogP contribution in [0.1, 0.15) is 21.5 Å². The number of hydrogen-bond acceptors (Lipinski definition) is 3. The van der Waals surface area contributed by atoms with Gasteiger partial charge in [-0.2, -0.15) is 0 Å². The van der Waals surface area contributed by atoms with Gasteiger partial charge in [0, 0.05) is 11.1 Å². The summed E-state index contributed by atoms with van der Waals surface area (Å²) in [5.41, 5.74) is 2.08. The van der Waals surface area contributed by atoms with Gasteiger partial charge in [0.1, 0.15) is 11.5 Å². The van der Waals surface area contributed by atoms with Gasteiger partial charge in [0.2, 0.25) is 0 Å². The molecular formula is C16H15ClO3. The molecule has 0 heterocycles. The second kappa shape index (κ2) is 5.97. The Morgan fingerprint density at radius 2 is 1.50 bits per heavy atom. The van der Waals surface area contributed by atoms with E-state index >= 15 is 0 Å². The van der Waals surface area contributed by atoms with Crippen LogP contribution < -0.4 is 9.47 Å². The van der Waals surface area contributed by atoms with Crippen LogP contribution in [0.2, 0.25) is 5.02 Å². The van der Waals surface area contributed by atoms with E-state index in [1.165, 1.54) is 7.11 Å². The average molecular weight is 291 g/mol. The molecule has 0 aromatic heterocycles. The van der Waals surface area contributed by atoms with Crippen LogP contribution in [-0.2, 0) is 0 Å². The minimum Gasteiger partial charge on any atom is -0.496 e. The predicted octanol–water partition coefficient (Wildman–Crippen LogP) is 3.90. The average Bonchev–Trinajstić information content (AvgIpc) is 2.47. The van der Waals surface area contributed by atoms with Crippen molar-refractivity contribution in [2.75, 3.05) is 14.2 Å². The second-order valence-corrected chi connectivity index (χ2v) is 4.77. The van der Waals surface area contributed by atoms with Crippen molar-refractivity contribution < 1.29 is 14.3 Å². The van der Waals surface area contributed by atoms with Crippen molar-refractivity contribution in [2.45, 2.75) is 6.92 Å². The quantitative estimate of drug-likeness (QED) is 0.801. The maximum Gasteiger partial charge on any atom is 0.193 e. The zero-order valence-corrected chi connectivity index (χ0v) is 12.3. The van der Waals surface area contributed by atoms with E-state index in [1.54, 1.807) is 37.4 Å². The van der Waals surface area contributed by atoms with Crippen LogP contribution in [0.4, 0.5) is 0 Å². The summed E-state index contributed by atoms with van der Waals surface area (Å²) >= 11 is 5.96. The zero-order valence-electron chi connectivity index (χ0n) is 11.6. The second-order valence-electron chi connectivity index (χ2n) is 4.36. The number of carbonyl (C=O) groups excluding carboxylic acids is 1. The van der Waals surface area contributed by atoms with Crippen LogP contribution in [0, 0.1) is 6.92 Å². The first-order valence-electron chi connectivity index (χ1n) is 6.09. The third-order valence-electron chi connectivity index (χ3n) is 3.08. The molecule has 0 aliphatic carbocycles. The number of carbonyl (C=O) groups is 1. The third-order valence-corrected chi connectivity index (χ3v) is 3.40. The van der Waals surface area contributed by atoms with Crippen molar-refractivity contribution >= 4 is 17.4 Å². The summed E-state index contributed by atoms with van der Waals surface area (Å²) in [7, 11) is 3.10. The lowest BCUT2D eigenvalue weighted by Crippen LogP contribution is -2.03. The van der Waals surface area contributed by atoms with Crippen molar-refractivity contribution in [3.8, 4) is 11.5 Å². The topological polar surface area (TPSA) is 35.5 Å². The van der Waals surface area contributed by atoms with Gasteiger partial charge in [0.25, 0.3) is 0 Å². The van der Waals surface area contributed by atoms with Gasteiger partial charge in [0.05, 0.1) is 19.2 Å². The van der Waals surface area contributed by atoms with Gasteiger partial charge in [-0.15, -0.1) is 0 Å². The van der Waals surface area contributed by atoms with Gasteiger partial charge < -0.3 is 9.47 Å². The summed E-state index contributed by atoms with van der Waals surface area (Å²) in [5.74, 6) is 1.08. The molecule has 2 rings (SSSR count). The largest absolute Gasteiger partial charge is 0.496 e. The molecule has 0 bridgehead atoms. The summed E-state index contributed by atoms with van der Waals surface area (Å²) < 4.78 is 10.4. The van der Waals surface area contributed by atoms with Crippen molar-refractivity contribution in [2.24, 2.45) is 0 Å². The number of methoxy groups -OCH3 is 2. The molecule has 0 amide bonds. The Morgan fingerprint density at radius 1 is 0.950 bits per heavy atom. The predicted molar refractivity (Wildman–Crippen MR) is 79.2 cm³/mol. The molecule has 104 valence electrons. The van der Waals surface area contributed by atoms with Crippen molar-refractivity contribution in [1.82, 2.24) is 0 Å². The standard InChI is InChI=1S/C16H15ClO3/c1-10-4-5-11(8-14(10)19-2)16(18)12-6-7-13(17)15(9-12)20-3/h4-9H,1-3H3. The molecular weight excluding hydrogens is 276 g/mol. The van der Waals surface area contributed by atoms with Crippen LogP contribution in [0.5, 0.6) is 11.5 Å². The van der Waals surface area contributed by atoms with Crippen LogP contribution in [0.15, 0.2) is 36.4 Å². The van der Waals surface area contributed by atoms with Gasteiger partial charge in [-0.05, 0) is 36.8 Å².